The van der Waals surface area contributed by atoms with Gasteiger partial charge in [0.1, 0.15) is 11.3 Å². The Balaban J connectivity index is 1.46. The van der Waals surface area contributed by atoms with Crippen LogP contribution in [0.25, 0.3) is 21.5 Å². The van der Waals surface area contributed by atoms with Crippen LogP contribution in [0.4, 0.5) is 5.13 Å². The molecule has 4 rings (SSSR count). The Morgan fingerprint density at radius 1 is 1.28 bits per heavy atom. The van der Waals surface area contributed by atoms with E-state index in [1.807, 2.05) is 41.9 Å². The Labute approximate surface area is 174 Å². The van der Waals surface area contributed by atoms with Gasteiger partial charge in [0.25, 0.3) is 0 Å². The first-order chi connectivity index (χ1) is 14.0. The van der Waals surface area contributed by atoms with Gasteiger partial charge in [0.05, 0.1) is 17.7 Å². The van der Waals surface area contributed by atoms with E-state index >= 15 is 0 Å². The average molecular weight is 427 g/mol. The highest BCUT2D eigenvalue weighted by Gasteiger charge is 2.15. The molecule has 4 aromatic rings. The number of nitrogens with zero attached hydrogens (tertiary/aromatic N) is 1. The summed E-state index contributed by atoms with van der Waals surface area (Å²) in [5.74, 6) is 0.434. The number of nitrogens with one attached hydrogen (secondary N) is 1. The lowest BCUT2D eigenvalue weighted by molar-refractivity contribution is -0.116. The number of hydrogen-bond acceptors (Lipinski definition) is 7. The van der Waals surface area contributed by atoms with Crippen LogP contribution < -0.4 is 15.7 Å². The van der Waals surface area contributed by atoms with E-state index in [1.54, 1.807) is 24.5 Å². The van der Waals surface area contributed by atoms with E-state index in [0.29, 0.717) is 28.4 Å². The van der Waals surface area contributed by atoms with Gasteiger partial charge in [-0.1, -0.05) is 6.07 Å². The van der Waals surface area contributed by atoms with Gasteiger partial charge in [0.15, 0.2) is 5.13 Å². The molecule has 3 heterocycles. The van der Waals surface area contributed by atoms with E-state index in [9.17, 15) is 9.59 Å². The van der Waals surface area contributed by atoms with Crippen molar-refractivity contribution in [3.63, 3.8) is 0 Å². The molecule has 0 unspecified atom stereocenters. The maximum atomic E-state index is 12.4. The highest BCUT2D eigenvalue weighted by molar-refractivity contribution is 7.16. The second kappa shape index (κ2) is 8.18. The molecule has 1 aromatic carbocycles. The third-order valence-corrected chi connectivity index (χ3v) is 6.27. The van der Waals surface area contributed by atoms with E-state index in [0.717, 1.165) is 21.5 Å². The van der Waals surface area contributed by atoms with Gasteiger partial charge in [-0.3, -0.25) is 4.79 Å². The number of aromatic nitrogens is 1. The van der Waals surface area contributed by atoms with Crippen LogP contribution in [-0.2, 0) is 11.2 Å². The minimum Gasteiger partial charge on any atom is -0.497 e. The normalized spacial score (nSPS) is 11.0. The molecule has 0 aliphatic rings. The number of fused-ring (bicyclic) bond motifs is 1. The van der Waals surface area contributed by atoms with Crippen LogP contribution in [0.15, 0.2) is 50.3 Å². The van der Waals surface area contributed by atoms with Crippen LogP contribution in [0.5, 0.6) is 5.75 Å². The molecule has 6 nitrogen and oxygen atoms in total. The van der Waals surface area contributed by atoms with Crippen LogP contribution >= 0.6 is 22.7 Å². The number of thiazole rings is 1. The molecule has 0 radical (unpaired) electrons. The summed E-state index contributed by atoms with van der Waals surface area (Å²) < 4.78 is 10.6. The summed E-state index contributed by atoms with van der Waals surface area (Å²) in [7, 11) is 1.56. The Morgan fingerprint density at radius 2 is 2.14 bits per heavy atom. The number of carbonyl (C=O) groups excluding carboxylic acids is 1. The summed E-state index contributed by atoms with van der Waals surface area (Å²) in [5, 5.41) is 8.09. The van der Waals surface area contributed by atoms with Crippen molar-refractivity contribution in [2.45, 2.75) is 19.8 Å². The number of rotatable bonds is 6. The minimum absolute atomic E-state index is 0.168. The Kier molecular flexibility index (Phi) is 5.46. The van der Waals surface area contributed by atoms with E-state index in [4.69, 9.17) is 9.15 Å². The molecule has 0 atom stereocenters. The molecule has 8 heteroatoms. The summed E-state index contributed by atoms with van der Waals surface area (Å²) in [5.41, 5.74) is 2.23. The molecule has 0 aliphatic heterocycles. The first-order valence-electron chi connectivity index (χ1n) is 8.94. The van der Waals surface area contributed by atoms with E-state index in [1.165, 1.54) is 11.3 Å². The highest BCUT2D eigenvalue weighted by Crippen LogP contribution is 2.28. The van der Waals surface area contributed by atoms with Crippen molar-refractivity contribution in [3.05, 3.63) is 62.6 Å². The maximum absolute atomic E-state index is 12.4. The number of carbonyl (C=O) groups is 1. The smallest absolute Gasteiger partial charge is 0.339 e. The minimum atomic E-state index is -0.426. The van der Waals surface area contributed by atoms with Gasteiger partial charge in [-0.2, -0.15) is 0 Å². The number of methoxy groups -OCH3 is 1. The fourth-order valence-corrected chi connectivity index (χ4v) is 4.57. The van der Waals surface area contributed by atoms with Crippen molar-refractivity contribution in [1.29, 1.82) is 0 Å². The molecular weight excluding hydrogens is 408 g/mol. The summed E-state index contributed by atoms with van der Waals surface area (Å²) in [4.78, 5) is 30.3. The van der Waals surface area contributed by atoms with Crippen molar-refractivity contribution < 1.29 is 13.9 Å². The standard InChI is InChI=1S/C21H18N2O4S2/c1-12-14-6-5-13(26-2)10-17(14)27-20(25)15(12)7-8-19(24)23-21-22-16(11-29-21)18-4-3-9-28-18/h3-6,9-11H,7-8H2,1-2H3,(H,22,23,24). The Morgan fingerprint density at radius 3 is 2.90 bits per heavy atom. The molecule has 0 spiro atoms. The molecule has 29 heavy (non-hydrogen) atoms. The van der Waals surface area contributed by atoms with E-state index < -0.39 is 5.63 Å². The number of hydrogen-bond donors (Lipinski definition) is 1. The van der Waals surface area contributed by atoms with Crippen LogP contribution in [0.1, 0.15) is 17.5 Å². The first kappa shape index (κ1) is 19.4. The van der Waals surface area contributed by atoms with Gasteiger partial charge in [-0.05, 0) is 42.5 Å². The highest BCUT2D eigenvalue weighted by atomic mass is 32.1. The van der Waals surface area contributed by atoms with E-state index in [-0.39, 0.29) is 12.3 Å². The van der Waals surface area contributed by atoms with Gasteiger partial charge in [0, 0.05) is 28.8 Å². The summed E-state index contributed by atoms with van der Waals surface area (Å²) >= 11 is 2.98. The lowest BCUT2D eigenvalue weighted by atomic mass is 10.0. The third kappa shape index (κ3) is 4.08. The van der Waals surface area contributed by atoms with Crippen LogP contribution in [0, 0.1) is 6.92 Å². The van der Waals surface area contributed by atoms with Crippen molar-refractivity contribution in [1.82, 2.24) is 4.98 Å². The summed E-state index contributed by atoms with van der Waals surface area (Å²) in [6, 6.07) is 9.32. The van der Waals surface area contributed by atoms with Crippen LogP contribution in [0.3, 0.4) is 0 Å². The Hall–Kier alpha value is -2.97. The molecule has 148 valence electrons. The summed E-state index contributed by atoms with van der Waals surface area (Å²) in [6.07, 6.45) is 0.465. The fraction of sp³-hybridized carbons (Fsp3) is 0.190. The van der Waals surface area contributed by atoms with E-state index in [2.05, 4.69) is 10.3 Å². The SMILES string of the molecule is COc1ccc2c(C)c(CCC(=O)Nc3nc(-c4cccs4)cs3)c(=O)oc2c1. The molecule has 0 aliphatic carbocycles. The number of thiophene rings is 1. The average Bonchev–Trinajstić information content (AvgIpc) is 3.39. The maximum Gasteiger partial charge on any atom is 0.339 e. The van der Waals surface area contributed by atoms with Crippen molar-refractivity contribution in [2.24, 2.45) is 0 Å². The molecule has 0 saturated carbocycles. The zero-order chi connectivity index (χ0) is 20.4. The predicted molar refractivity (Wildman–Crippen MR) is 116 cm³/mol. The zero-order valence-corrected chi connectivity index (χ0v) is 17.5. The van der Waals surface area contributed by atoms with Gasteiger partial charge in [-0.25, -0.2) is 9.78 Å². The second-order valence-corrected chi connectivity index (χ2v) is 8.22. The molecule has 0 fully saturated rings. The van der Waals surface area contributed by atoms with Crippen molar-refractivity contribution >= 4 is 44.7 Å². The van der Waals surface area contributed by atoms with Gasteiger partial charge in [0.2, 0.25) is 5.91 Å². The third-order valence-electron chi connectivity index (χ3n) is 4.62. The monoisotopic (exact) mass is 426 g/mol. The van der Waals surface area contributed by atoms with Crippen molar-refractivity contribution in [2.75, 3.05) is 12.4 Å². The molecule has 3 aromatic heterocycles. The number of anilines is 1. The summed E-state index contributed by atoms with van der Waals surface area (Å²) in [6.45, 7) is 1.87. The van der Waals surface area contributed by atoms with Crippen LogP contribution in [0.2, 0.25) is 0 Å². The predicted octanol–water partition coefficient (Wildman–Crippen LogP) is 4.87. The fourth-order valence-electron chi connectivity index (χ4n) is 3.08. The van der Waals surface area contributed by atoms with Gasteiger partial charge < -0.3 is 14.5 Å². The largest absolute Gasteiger partial charge is 0.497 e. The number of ether oxygens (including phenoxy) is 1. The van der Waals surface area contributed by atoms with Crippen molar-refractivity contribution in [3.8, 4) is 16.3 Å². The lowest BCUT2D eigenvalue weighted by Gasteiger charge is -2.08. The van der Waals surface area contributed by atoms with Crippen LogP contribution in [-0.4, -0.2) is 18.0 Å². The van der Waals surface area contributed by atoms with Gasteiger partial charge in [-0.15, -0.1) is 22.7 Å². The zero-order valence-electron chi connectivity index (χ0n) is 15.9. The molecule has 0 bridgehead atoms. The molecule has 1 amide bonds. The number of aryl methyl sites for hydroxylation is 1. The van der Waals surface area contributed by atoms with Gasteiger partial charge >= 0.3 is 5.63 Å². The second-order valence-electron chi connectivity index (χ2n) is 6.42. The topological polar surface area (TPSA) is 81.4 Å². The molecule has 1 N–H and O–H groups in total. The Bertz CT molecular complexity index is 1230. The molecule has 0 saturated heterocycles. The number of amides is 1. The quantitative estimate of drug-likeness (QED) is 0.445. The number of benzene rings is 1. The first-order valence-corrected chi connectivity index (χ1v) is 10.7. The molecular formula is C21H18N2O4S2. The lowest BCUT2D eigenvalue weighted by Crippen LogP contribution is -2.16.